The minimum Gasteiger partial charge on any atom is -0.478 e. The molecule has 1 aromatic rings. The van der Waals surface area contributed by atoms with E-state index in [-0.39, 0.29) is 10.5 Å². The monoisotopic (exact) mass is 361 g/mol. The van der Waals surface area contributed by atoms with Crippen LogP contribution in [-0.2, 0) is 10.0 Å². The summed E-state index contributed by atoms with van der Waals surface area (Å²) in [6.07, 6.45) is 2.72. The summed E-state index contributed by atoms with van der Waals surface area (Å²) < 4.78 is 27.0. The van der Waals surface area contributed by atoms with E-state index in [0.29, 0.717) is 23.1 Å². The van der Waals surface area contributed by atoms with Gasteiger partial charge >= 0.3 is 5.97 Å². The second-order valence-electron chi connectivity index (χ2n) is 4.85. The highest BCUT2D eigenvalue weighted by molar-refractivity contribution is 9.10. The maximum absolute atomic E-state index is 12.5. The van der Waals surface area contributed by atoms with Crippen molar-refractivity contribution in [2.24, 2.45) is 0 Å². The first-order valence-corrected chi connectivity index (χ1v) is 8.61. The number of hydrogen-bond acceptors (Lipinski definition) is 3. The third-order valence-corrected chi connectivity index (χ3v) is 6.20. The van der Waals surface area contributed by atoms with Crippen LogP contribution in [0.25, 0.3) is 0 Å². The summed E-state index contributed by atoms with van der Waals surface area (Å²) in [5.41, 5.74) is 0.532. The largest absolute Gasteiger partial charge is 0.478 e. The summed E-state index contributed by atoms with van der Waals surface area (Å²) in [6.45, 7) is 2.64. The van der Waals surface area contributed by atoms with E-state index in [2.05, 4.69) is 15.9 Å². The van der Waals surface area contributed by atoms with Gasteiger partial charge in [-0.2, -0.15) is 4.31 Å². The zero-order valence-corrected chi connectivity index (χ0v) is 13.5. The molecule has 1 aliphatic heterocycles. The molecule has 0 aliphatic carbocycles. The molecular weight excluding hydrogens is 346 g/mol. The molecule has 0 radical (unpaired) electrons. The molecule has 1 saturated heterocycles. The van der Waals surface area contributed by atoms with Crippen LogP contribution < -0.4 is 0 Å². The maximum atomic E-state index is 12.5. The second kappa shape index (κ2) is 5.83. The Morgan fingerprint density at radius 2 is 1.85 bits per heavy atom. The first-order chi connectivity index (χ1) is 9.34. The molecule has 0 amide bonds. The minimum absolute atomic E-state index is 0.00922. The molecular formula is C13H16BrNO4S. The van der Waals surface area contributed by atoms with Crippen LogP contribution in [-0.4, -0.2) is 36.9 Å². The van der Waals surface area contributed by atoms with Crippen LogP contribution in [0.2, 0.25) is 0 Å². The van der Waals surface area contributed by atoms with E-state index in [1.165, 1.54) is 16.4 Å². The Morgan fingerprint density at radius 3 is 2.40 bits per heavy atom. The number of halogens is 1. The summed E-state index contributed by atoms with van der Waals surface area (Å²) in [5.74, 6) is -1.13. The van der Waals surface area contributed by atoms with Gasteiger partial charge in [-0.15, -0.1) is 0 Å². The van der Waals surface area contributed by atoms with Gasteiger partial charge in [-0.3, -0.25) is 0 Å². The van der Waals surface area contributed by atoms with E-state index in [1.807, 2.05) is 0 Å². The lowest BCUT2D eigenvalue weighted by molar-refractivity contribution is 0.0695. The lowest BCUT2D eigenvalue weighted by Crippen LogP contribution is -2.35. The van der Waals surface area contributed by atoms with Crippen molar-refractivity contribution in [3.05, 3.63) is 27.7 Å². The van der Waals surface area contributed by atoms with Crippen molar-refractivity contribution in [3.63, 3.8) is 0 Å². The molecule has 0 spiro atoms. The van der Waals surface area contributed by atoms with Crippen molar-refractivity contribution in [3.8, 4) is 0 Å². The lowest BCUT2D eigenvalue weighted by atomic mass is 10.1. The van der Waals surface area contributed by atoms with Crippen LogP contribution in [0.15, 0.2) is 21.5 Å². The standard InChI is InChI=1S/C13H16BrNO4S/c1-9-11(13(16)17)7-10(8-12(9)14)20(18,19)15-5-3-2-4-6-15/h7-8H,2-6H2,1H3,(H,16,17). The third-order valence-electron chi connectivity index (χ3n) is 3.50. The highest BCUT2D eigenvalue weighted by atomic mass is 79.9. The van der Waals surface area contributed by atoms with E-state index in [1.54, 1.807) is 6.92 Å². The number of sulfonamides is 1. The zero-order chi connectivity index (χ0) is 14.9. The highest BCUT2D eigenvalue weighted by Crippen LogP contribution is 2.28. The van der Waals surface area contributed by atoms with Crippen molar-refractivity contribution in [2.45, 2.75) is 31.1 Å². The van der Waals surface area contributed by atoms with Gasteiger partial charge in [0.05, 0.1) is 10.5 Å². The lowest BCUT2D eigenvalue weighted by Gasteiger charge is -2.26. The Hall–Kier alpha value is -0.920. The first kappa shape index (κ1) is 15.5. The quantitative estimate of drug-likeness (QED) is 0.897. The topological polar surface area (TPSA) is 74.7 Å². The number of carboxylic acid groups (broad SMARTS) is 1. The molecule has 110 valence electrons. The molecule has 1 aromatic carbocycles. The van der Waals surface area contributed by atoms with Gasteiger partial charge in [0.1, 0.15) is 0 Å². The molecule has 5 nitrogen and oxygen atoms in total. The van der Waals surface area contributed by atoms with Crippen molar-refractivity contribution >= 4 is 31.9 Å². The van der Waals surface area contributed by atoms with E-state index >= 15 is 0 Å². The number of aromatic carboxylic acids is 1. The molecule has 0 bridgehead atoms. The normalized spacial score (nSPS) is 17.1. The van der Waals surface area contributed by atoms with Crippen LogP contribution in [0, 0.1) is 6.92 Å². The van der Waals surface area contributed by atoms with Gasteiger partial charge in [-0.1, -0.05) is 22.4 Å². The fraction of sp³-hybridized carbons (Fsp3) is 0.462. The number of nitrogens with zero attached hydrogens (tertiary/aromatic N) is 1. The van der Waals surface area contributed by atoms with E-state index < -0.39 is 16.0 Å². The van der Waals surface area contributed by atoms with Crippen molar-refractivity contribution in [1.29, 1.82) is 0 Å². The van der Waals surface area contributed by atoms with Gasteiger partial charge in [0.2, 0.25) is 10.0 Å². The first-order valence-electron chi connectivity index (χ1n) is 6.37. The predicted octanol–water partition coefficient (Wildman–Crippen LogP) is 2.63. The molecule has 20 heavy (non-hydrogen) atoms. The Bertz CT molecular complexity index is 636. The van der Waals surface area contributed by atoms with Gasteiger partial charge < -0.3 is 5.11 Å². The Labute approximate surface area is 126 Å². The average Bonchev–Trinajstić information content (AvgIpc) is 2.42. The number of carbonyl (C=O) groups is 1. The summed E-state index contributed by atoms with van der Waals surface area (Å²) in [6, 6.07) is 2.72. The fourth-order valence-corrected chi connectivity index (χ4v) is 4.46. The number of hydrogen-bond donors (Lipinski definition) is 1. The smallest absolute Gasteiger partial charge is 0.336 e. The van der Waals surface area contributed by atoms with E-state index in [4.69, 9.17) is 5.11 Å². The number of benzene rings is 1. The van der Waals surface area contributed by atoms with Gasteiger partial charge in [0.25, 0.3) is 0 Å². The number of piperidine rings is 1. The van der Waals surface area contributed by atoms with Gasteiger partial charge in [0.15, 0.2) is 0 Å². The van der Waals surface area contributed by atoms with Gasteiger partial charge in [-0.05, 0) is 37.5 Å². The SMILES string of the molecule is Cc1c(Br)cc(S(=O)(=O)N2CCCCC2)cc1C(=O)O. The third kappa shape index (κ3) is 2.89. The van der Waals surface area contributed by atoms with Crippen molar-refractivity contribution in [1.82, 2.24) is 4.31 Å². The molecule has 0 saturated carbocycles. The van der Waals surface area contributed by atoms with Crippen molar-refractivity contribution in [2.75, 3.05) is 13.1 Å². The summed E-state index contributed by atoms with van der Waals surface area (Å²) in [4.78, 5) is 11.2. The summed E-state index contributed by atoms with van der Waals surface area (Å²) in [7, 11) is -3.62. The Kier molecular flexibility index (Phi) is 4.51. The Morgan fingerprint density at radius 1 is 1.25 bits per heavy atom. The summed E-state index contributed by atoms with van der Waals surface area (Å²) in [5, 5.41) is 9.16. The van der Waals surface area contributed by atoms with Crippen molar-refractivity contribution < 1.29 is 18.3 Å². The highest BCUT2D eigenvalue weighted by Gasteiger charge is 2.27. The molecule has 0 atom stereocenters. The molecule has 1 heterocycles. The Balaban J connectivity index is 2.49. The van der Waals surface area contributed by atoms with E-state index in [0.717, 1.165) is 19.3 Å². The molecule has 0 unspecified atom stereocenters. The molecule has 1 N–H and O–H groups in total. The average molecular weight is 362 g/mol. The van der Waals surface area contributed by atoms with E-state index in [9.17, 15) is 13.2 Å². The van der Waals surface area contributed by atoms with Crippen LogP contribution in [0.3, 0.4) is 0 Å². The summed E-state index contributed by atoms with van der Waals surface area (Å²) >= 11 is 3.24. The van der Waals surface area contributed by atoms with Gasteiger partial charge in [-0.25, -0.2) is 13.2 Å². The predicted molar refractivity (Wildman–Crippen MR) is 78.4 cm³/mol. The second-order valence-corrected chi connectivity index (χ2v) is 7.64. The minimum atomic E-state index is -3.62. The molecule has 1 fully saturated rings. The fourth-order valence-electron chi connectivity index (χ4n) is 2.28. The van der Waals surface area contributed by atoms with Crippen LogP contribution >= 0.6 is 15.9 Å². The van der Waals surface area contributed by atoms with Crippen LogP contribution in [0.5, 0.6) is 0 Å². The molecule has 0 aromatic heterocycles. The van der Waals surface area contributed by atoms with Crippen LogP contribution in [0.4, 0.5) is 0 Å². The van der Waals surface area contributed by atoms with Gasteiger partial charge in [0, 0.05) is 17.6 Å². The number of carboxylic acids is 1. The number of rotatable bonds is 3. The molecule has 7 heteroatoms. The maximum Gasteiger partial charge on any atom is 0.336 e. The van der Waals surface area contributed by atoms with Crippen LogP contribution in [0.1, 0.15) is 35.2 Å². The molecule has 2 rings (SSSR count). The molecule has 1 aliphatic rings. The zero-order valence-electron chi connectivity index (χ0n) is 11.1.